The Morgan fingerprint density at radius 3 is 2.43 bits per heavy atom. The van der Waals surface area contributed by atoms with E-state index in [1.54, 1.807) is 6.92 Å². The molecule has 0 unspecified atom stereocenters. The van der Waals surface area contributed by atoms with Crippen molar-refractivity contribution in [3.8, 4) is 0 Å². The zero-order valence-corrected chi connectivity index (χ0v) is 8.96. The van der Waals surface area contributed by atoms with Crippen molar-refractivity contribution in [3.63, 3.8) is 0 Å². The molecule has 0 aromatic rings. The fourth-order valence-electron chi connectivity index (χ4n) is 1.28. The Bertz CT molecular complexity index is 307. The van der Waals surface area contributed by atoms with Crippen LogP contribution < -0.4 is 0 Å². The molecule has 0 heterocycles. The third-order valence-corrected chi connectivity index (χ3v) is 4.02. The van der Waals surface area contributed by atoms with Crippen LogP contribution in [0.25, 0.3) is 0 Å². The van der Waals surface area contributed by atoms with E-state index >= 15 is 0 Å². The molecule has 14 heavy (non-hydrogen) atoms. The Kier molecular flexibility index (Phi) is 3.49. The molecule has 0 aromatic carbocycles. The van der Waals surface area contributed by atoms with Crippen LogP contribution >= 0.6 is 0 Å². The quantitative estimate of drug-likeness (QED) is 0.692. The number of hydrogen-bond donors (Lipinski definition) is 1. The molecule has 1 aliphatic carbocycles. The summed E-state index contributed by atoms with van der Waals surface area (Å²) in [4.78, 5) is 10.3. The summed E-state index contributed by atoms with van der Waals surface area (Å²) < 4.78 is 24.2. The Morgan fingerprint density at radius 1 is 1.50 bits per heavy atom. The first kappa shape index (κ1) is 11.5. The molecule has 1 fully saturated rings. The number of rotatable bonds is 6. The first-order valence-electron chi connectivity index (χ1n) is 4.65. The van der Waals surface area contributed by atoms with Crippen LogP contribution in [0.4, 0.5) is 0 Å². The molecule has 0 atom stereocenters. The third-order valence-electron chi connectivity index (χ3n) is 2.21. The molecule has 5 nitrogen and oxygen atoms in total. The van der Waals surface area contributed by atoms with Crippen LogP contribution in [0.3, 0.4) is 0 Å². The predicted molar refractivity (Wildman–Crippen MR) is 51.4 cm³/mol. The molecular formula is C8H15NO4S. The Labute approximate surface area is 83.8 Å². The summed E-state index contributed by atoms with van der Waals surface area (Å²) >= 11 is 0. The van der Waals surface area contributed by atoms with Crippen LogP contribution in [0, 0.1) is 5.92 Å². The van der Waals surface area contributed by atoms with Crippen molar-refractivity contribution in [2.75, 3.05) is 18.8 Å². The van der Waals surface area contributed by atoms with Gasteiger partial charge in [0.05, 0.1) is 0 Å². The molecule has 0 saturated heterocycles. The molecule has 1 saturated carbocycles. The normalized spacial score (nSPS) is 17.3. The molecular weight excluding hydrogens is 206 g/mol. The fraction of sp³-hybridized carbons (Fsp3) is 0.875. The SMILES string of the molecule is CCN(CC1CC1)S(=O)(=O)CC(=O)O. The summed E-state index contributed by atoms with van der Waals surface area (Å²) in [6, 6.07) is 0. The lowest BCUT2D eigenvalue weighted by molar-refractivity contribution is -0.134. The van der Waals surface area contributed by atoms with E-state index in [4.69, 9.17) is 5.11 Å². The molecule has 6 heteroatoms. The summed E-state index contributed by atoms with van der Waals surface area (Å²) in [6.07, 6.45) is 2.11. The molecule has 1 N–H and O–H groups in total. The summed E-state index contributed by atoms with van der Waals surface area (Å²) in [6.45, 7) is 2.56. The smallest absolute Gasteiger partial charge is 0.320 e. The van der Waals surface area contributed by atoms with Crippen LogP contribution in [-0.4, -0.2) is 42.6 Å². The van der Waals surface area contributed by atoms with Crippen LogP contribution in [0.2, 0.25) is 0 Å². The van der Waals surface area contributed by atoms with Crippen LogP contribution in [-0.2, 0) is 14.8 Å². The van der Waals surface area contributed by atoms with Gasteiger partial charge in [0, 0.05) is 13.1 Å². The van der Waals surface area contributed by atoms with E-state index in [0.29, 0.717) is 19.0 Å². The first-order valence-corrected chi connectivity index (χ1v) is 6.26. The maximum Gasteiger partial charge on any atom is 0.320 e. The zero-order chi connectivity index (χ0) is 10.8. The van der Waals surface area contributed by atoms with Gasteiger partial charge in [0.15, 0.2) is 5.75 Å². The van der Waals surface area contributed by atoms with E-state index in [9.17, 15) is 13.2 Å². The van der Waals surface area contributed by atoms with Crippen molar-refractivity contribution in [2.45, 2.75) is 19.8 Å². The number of carbonyl (C=O) groups is 1. The second-order valence-corrected chi connectivity index (χ2v) is 5.51. The van der Waals surface area contributed by atoms with Gasteiger partial charge in [-0.2, -0.15) is 0 Å². The largest absolute Gasteiger partial charge is 0.480 e. The van der Waals surface area contributed by atoms with E-state index in [0.717, 1.165) is 12.8 Å². The lowest BCUT2D eigenvalue weighted by Gasteiger charge is -2.18. The van der Waals surface area contributed by atoms with Gasteiger partial charge < -0.3 is 5.11 Å². The minimum atomic E-state index is -3.59. The van der Waals surface area contributed by atoms with Crippen molar-refractivity contribution in [1.82, 2.24) is 4.31 Å². The third kappa shape index (κ3) is 3.26. The minimum absolute atomic E-state index is 0.353. The lowest BCUT2D eigenvalue weighted by Crippen LogP contribution is -2.36. The maximum absolute atomic E-state index is 11.5. The highest BCUT2D eigenvalue weighted by Crippen LogP contribution is 2.30. The Morgan fingerprint density at radius 2 is 2.07 bits per heavy atom. The first-order chi connectivity index (χ1) is 6.45. The van der Waals surface area contributed by atoms with Gasteiger partial charge in [-0.25, -0.2) is 12.7 Å². The number of hydrogen-bond acceptors (Lipinski definition) is 3. The predicted octanol–water partition coefficient (Wildman–Crippen LogP) is 0.133. The van der Waals surface area contributed by atoms with E-state index < -0.39 is 21.7 Å². The van der Waals surface area contributed by atoms with Gasteiger partial charge in [0.1, 0.15) is 0 Å². The van der Waals surface area contributed by atoms with E-state index in [-0.39, 0.29) is 0 Å². The van der Waals surface area contributed by atoms with Crippen molar-refractivity contribution in [2.24, 2.45) is 5.92 Å². The van der Waals surface area contributed by atoms with E-state index in [2.05, 4.69) is 0 Å². The van der Waals surface area contributed by atoms with E-state index in [1.165, 1.54) is 4.31 Å². The van der Waals surface area contributed by atoms with Crippen LogP contribution in [0.1, 0.15) is 19.8 Å². The summed E-state index contributed by atoms with van der Waals surface area (Å²) in [7, 11) is -3.59. The Hall–Kier alpha value is -0.620. The average Bonchev–Trinajstić information content (AvgIpc) is 2.80. The summed E-state index contributed by atoms with van der Waals surface area (Å²) in [5.41, 5.74) is 0. The Balaban J connectivity index is 2.60. The molecule has 0 spiro atoms. The van der Waals surface area contributed by atoms with E-state index in [1.807, 2.05) is 0 Å². The van der Waals surface area contributed by atoms with Gasteiger partial charge in [-0.3, -0.25) is 4.79 Å². The second-order valence-electron chi connectivity index (χ2n) is 3.54. The van der Waals surface area contributed by atoms with Crippen LogP contribution in [0.15, 0.2) is 0 Å². The number of carboxylic acids is 1. The highest BCUT2D eigenvalue weighted by atomic mass is 32.2. The highest BCUT2D eigenvalue weighted by Gasteiger charge is 2.30. The second kappa shape index (κ2) is 4.27. The maximum atomic E-state index is 11.5. The van der Waals surface area contributed by atoms with Gasteiger partial charge in [0.2, 0.25) is 10.0 Å². The van der Waals surface area contributed by atoms with Crippen molar-refractivity contribution in [1.29, 1.82) is 0 Å². The van der Waals surface area contributed by atoms with Crippen molar-refractivity contribution >= 4 is 16.0 Å². The molecule has 0 aliphatic heterocycles. The van der Waals surface area contributed by atoms with Crippen LogP contribution in [0.5, 0.6) is 0 Å². The van der Waals surface area contributed by atoms with Crippen molar-refractivity contribution < 1.29 is 18.3 Å². The molecule has 0 radical (unpaired) electrons. The van der Waals surface area contributed by atoms with Gasteiger partial charge in [-0.05, 0) is 18.8 Å². The molecule has 1 rings (SSSR count). The monoisotopic (exact) mass is 221 g/mol. The van der Waals surface area contributed by atoms with Gasteiger partial charge in [0.25, 0.3) is 0 Å². The summed E-state index contributed by atoms with van der Waals surface area (Å²) in [5.74, 6) is -1.65. The number of carboxylic acid groups (broad SMARTS) is 1. The fourth-order valence-corrected chi connectivity index (χ4v) is 2.60. The number of aliphatic carboxylic acids is 1. The van der Waals surface area contributed by atoms with Gasteiger partial charge in [-0.15, -0.1) is 0 Å². The molecule has 1 aliphatic rings. The van der Waals surface area contributed by atoms with Gasteiger partial charge >= 0.3 is 5.97 Å². The lowest BCUT2D eigenvalue weighted by atomic mass is 10.4. The zero-order valence-electron chi connectivity index (χ0n) is 8.14. The molecule has 82 valence electrons. The number of nitrogens with zero attached hydrogens (tertiary/aromatic N) is 1. The number of sulfonamides is 1. The average molecular weight is 221 g/mol. The molecule has 0 amide bonds. The molecule has 0 bridgehead atoms. The standard InChI is InChI=1S/C8H15NO4S/c1-2-9(5-7-3-4-7)14(12,13)6-8(10)11/h7H,2-6H2,1H3,(H,10,11). The minimum Gasteiger partial charge on any atom is -0.480 e. The summed E-state index contributed by atoms with van der Waals surface area (Å²) in [5, 5.41) is 8.44. The highest BCUT2D eigenvalue weighted by molar-refractivity contribution is 7.89. The van der Waals surface area contributed by atoms with Crippen molar-refractivity contribution in [3.05, 3.63) is 0 Å². The van der Waals surface area contributed by atoms with Gasteiger partial charge in [-0.1, -0.05) is 6.92 Å². The molecule has 0 aromatic heterocycles. The topological polar surface area (TPSA) is 74.7 Å².